The van der Waals surface area contributed by atoms with E-state index >= 15 is 0 Å². The Morgan fingerprint density at radius 1 is 1.19 bits per heavy atom. The second-order valence-corrected chi connectivity index (χ2v) is 5.27. The average Bonchev–Trinajstić information content (AvgIpc) is 2.46. The van der Waals surface area contributed by atoms with Crippen LogP contribution in [0.1, 0.15) is 25.3 Å². The minimum Gasteiger partial charge on any atom is -0.473 e. The van der Waals surface area contributed by atoms with Gasteiger partial charge in [0.25, 0.3) is 0 Å². The van der Waals surface area contributed by atoms with Gasteiger partial charge in [0.1, 0.15) is 5.75 Å². The average molecular weight is 293 g/mol. The van der Waals surface area contributed by atoms with Crippen LogP contribution in [-0.2, 0) is 6.42 Å². The third-order valence-corrected chi connectivity index (χ3v) is 3.00. The molecule has 2 N–H and O–H groups in total. The van der Waals surface area contributed by atoms with Crippen LogP contribution >= 0.6 is 0 Å². The highest BCUT2D eigenvalue weighted by Crippen LogP contribution is 2.12. The lowest BCUT2D eigenvalue weighted by atomic mass is 10.1. The maximum absolute atomic E-state index is 11.5. The fourth-order valence-corrected chi connectivity index (χ4v) is 1.89. The molecule has 0 spiro atoms. The van der Waals surface area contributed by atoms with Crippen molar-refractivity contribution in [1.29, 1.82) is 0 Å². The summed E-state index contributed by atoms with van der Waals surface area (Å²) in [6, 6.07) is 7.78. The minimum absolute atomic E-state index is 0.173. The monoisotopic (exact) mass is 293 g/mol. The van der Waals surface area contributed by atoms with E-state index in [1.807, 2.05) is 26.2 Å². The second kappa shape index (κ2) is 10.0. The molecule has 0 unspecified atom stereocenters. The Balaban J connectivity index is 2.13. The molecule has 1 aromatic carbocycles. The van der Waals surface area contributed by atoms with Crippen molar-refractivity contribution in [3.63, 3.8) is 0 Å². The molecule has 0 aliphatic heterocycles. The second-order valence-electron chi connectivity index (χ2n) is 5.27. The van der Waals surface area contributed by atoms with Crippen LogP contribution < -0.4 is 15.4 Å². The molecule has 0 aliphatic rings. The molecule has 1 aromatic rings. The van der Waals surface area contributed by atoms with E-state index in [1.54, 1.807) is 0 Å². The van der Waals surface area contributed by atoms with Gasteiger partial charge in [-0.1, -0.05) is 25.5 Å². The SMILES string of the molecule is CCCc1ccc(OCNC(=O)NCCCN(C)C)cc1. The number of ether oxygens (including phenoxy) is 1. The van der Waals surface area contributed by atoms with Crippen molar-refractivity contribution in [2.45, 2.75) is 26.2 Å². The lowest BCUT2D eigenvalue weighted by molar-refractivity contribution is 0.223. The number of carbonyl (C=O) groups excluding carboxylic acids is 1. The van der Waals surface area contributed by atoms with E-state index in [9.17, 15) is 4.79 Å². The van der Waals surface area contributed by atoms with Gasteiger partial charge < -0.3 is 20.3 Å². The number of hydrogen-bond acceptors (Lipinski definition) is 3. The van der Waals surface area contributed by atoms with Gasteiger partial charge >= 0.3 is 6.03 Å². The first-order valence-corrected chi connectivity index (χ1v) is 7.50. The summed E-state index contributed by atoms with van der Waals surface area (Å²) in [6.45, 7) is 3.95. The predicted octanol–water partition coefficient (Wildman–Crippen LogP) is 2.23. The van der Waals surface area contributed by atoms with Crippen molar-refractivity contribution >= 4 is 6.03 Å². The van der Waals surface area contributed by atoms with E-state index < -0.39 is 0 Å². The summed E-state index contributed by atoms with van der Waals surface area (Å²) in [7, 11) is 4.03. The van der Waals surface area contributed by atoms with E-state index in [0.29, 0.717) is 6.54 Å². The number of aryl methyl sites for hydroxylation is 1. The molecule has 5 heteroatoms. The fraction of sp³-hybridized carbons (Fsp3) is 0.562. The molecule has 118 valence electrons. The van der Waals surface area contributed by atoms with Crippen LogP contribution in [0, 0.1) is 0 Å². The summed E-state index contributed by atoms with van der Waals surface area (Å²) in [5.74, 6) is 0.766. The molecule has 2 amide bonds. The van der Waals surface area contributed by atoms with Crippen LogP contribution in [-0.4, -0.2) is 44.8 Å². The minimum atomic E-state index is -0.198. The molecular weight excluding hydrogens is 266 g/mol. The molecule has 0 atom stereocenters. The normalized spacial score (nSPS) is 10.5. The van der Waals surface area contributed by atoms with Crippen molar-refractivity contribution in [1.82, 2.24) is 15.5 Å². The van der Waals surface area contributed by atoms with Gasteiger partial charge in [-0.15, -0.1) is 0 Å². The number of rotatable bonds is 9. The van der Waals surface area contributed by atoms with Crippen LogP contribution in [0.5, 0.6) is 5.75 Å². The number of nitrogens with one attached hydrogen (secondary N) is 2. The van der Waals surface area contributed by atoms with E-state index in [2.05, 4.69) is 34.6 Å². The van der Waals surface area contributed by atoms with E-state index in [0.717, 1.165) is 31.6 Å². The first-order valence-electron chi connectivity index (χ1n) is 7.50. The first-order chi connectivity index (χ1) is 10.1. The third-order valence-electron chi connectivity index (χ3n) is 3.00. The quantitative estimate of drug-likeness (QED) is 0.542. The number of carbonyl (C=O) groups is 1. The lowest BCUT2D eigenvalue weighted by Crippen LogP contribution is -2.38. The zero-order valence-corrected chi connectivity index (χ0v) is 13.3. The topological polar surface area (TPSA) is 53.6 Å². The maximum atomic E-state index is 11.5. The molecule has 0 saturated carbocycles. The number of urea groups is 1. The zero-order chi connectivity index (χ0) is 15.5. The summed E-state index contributed by atoms with van der Waals surface area (Å²) >= 11 is 0. The Morgan fingerprint density at radius 3 is 2.52 bits per heavy atom. The molecule has 0 heterocycles. The maximum Gasteiger partial charge on any atom is 0.317 e. The molecule has 0 aliphatic carbocycles. The summed E-state index contributed by atoms with van der Waals surface area (Å²) in [4.78, 5) is 13.6. The van der Waals surface area contributed by atoms with Crippen molar-refractivity contribution in [2.24, 2.45) is 0 Å². The van der Waals surface area contributed by atoms with Crippen molar-refractivity contribution < 1.29 is 9.53 Å². The Kier molecular flexibility index (Phi) is 8.28. The van der Waals surface area contributed by atoms with Crippen molar-refractivity contribution in [3.8, 4) is 5.75 Å². The molecule has 5 nitrogen and oxygen atoms in total. The number of amides is 2. The molecule has 0 aromatic heterocycles. The molecule has 0 saturated heterocycles. The van der Waals surface area contributed by atoms with Gasteiger partial charge in [0.05, 0.1) is 0 Å². The smallest absolute Gasteiger partial charge is 0.317 e. The summed E-state index contributed by atoms with van der Waals surface area (Å²) in [5, 5.41) is 5.47. The van der Waals surface area contributed by atoms with Gasteiger partial charge in [-0.05, 0) is 51.2 Å². The van der Waals surface area contributed by atoms with E-state index in [1.165, 1.54) is 5.56 Å². The van der Waals surface area contributed by atoms with Crippen LogP contribution in [0.15, 0.2) is 24.3 Å². The van der Waals surface area contributed by atoms with Crippen LogP contribution in [0.25, 0.3) is 0 Å². The number of hydrogen-bond donors (Lipinski definition) is 2. The molecule has 0 radical (unpaired) electrons. The third kappa shape index (κ3) is 8.19. The Labute approximate surface area is 127 Å². The van der Waals surface area contributed by atoms with Crippen molar-refractivity contribution in [3.05, 3.63) is 29.8 Å². The zero-order valence-electron chi connectivity index (χ0n) is 13.3. The Hall–Kier alpha value is -1.75. The van der Waals surface area contributed by atoms with Gasteiger partial charge in [0.15, 0.2) is 6.73 Å². The van der Waals surface area contributed by atoms with E-state index in [-0.39, 0.29) is 12.8 Å². The van der Waals surface area contributed by atoms with Crippen LogP contribution in [0.2, 0.25) is 0 Å². The van der Waals surface area contributed by atoms with Crippen LogP contribution in [0.4, 0.5) is 4.79 Å². The predicted molar refractivity (Wildman–Crippen MR) is 85.6 cm³/mol. The number of benzene rings is 1. The van der Waals surface area contributed by atoms with E-state index in [4.69, 9.17) is 4.74 Å². The molecule has 21 heavy (non-hydrogen) atoms. The fourth-order valence-electron chi connectivity index (χ4n) is 1.89. The standard InChI is InChI=1S/C16H27N3O2/c1-4-6-14-7-9-15(10-8-14)21-13-18-16(20)17-11-5-12-19(2)3/h7-10H,4-6,11-13H2,1-3H3,(H2,17,18,20). The highest BCUT2D eigenvalue weighted by atomic mass is 16.5. The molecule has 1 rings (SSSR count). The first kappa shape index (κ1) is 17.3. The van der Waals surface area contributed by atoms with Gasteiger partial charge in [0.2, 0.25) is 0 Å². The largest absolute Gasteiger partial charge is 0.473 e. The highest BCUT2D eigenvalue weighted by Gasteiger charge is 2.00. The van der Waals surface area contributed by atoms with Gasteiger partial charge in [0, 0.05) is 6.54 Å². The van der Waals surface area contributed by atoms with Gasteiger partial charge in [-0.3, -0.25) is 0 Å². The van der Waals surface area contributed by atoms with Gasteiger partial charge in [-0.25, -0.2) is 4.79 Å². The van der Waals surface area contributed by atoms with Crippen LogP contribution in [0.3, 0.4) is 0 Å². The summed E-state index contributed by atoms with van der Waals surface area (Å²) < 4.78 is 5.47. The molecule has 0 bridgehead atoms. The Bertz CT molecular complexity index is 404. The summed E-state index contributed by atoms with van der Waals surface area (Å²) in [5.41, 5.74) is 1.30. The highest BCUT2D eigenvalue weighted by molar-refractivity contribution is 5.73. The van der Waals surface area contributed by atoms with Crippen molar-refractivity contribution in [2.75, 3.05) is 33.9 Å². The molecular formula is C16H27N3O2. The Morgan fingerprint density at radius 2 is 1.90 bits per heavy atom. The van der Waals surface area contributed by atoms with Gasteiger partial charge in [-0.2, -0.15) is 0 Å². The lowest BCUT2D eigenvalue weighted by Gasteiger charge is -2.11. The number of nitrogens with zero attached hydrogens (tertiary/aromatic N) is 1. The molecule has 0 fully saturated rings. The summed E-state index contributed by atoms with van der Waals surface area (Å²) in [6.07, 6.45) is 3.14.